The molecule has 3 heterocycles. The van der Waals surface area contributed by atoms with Crippen LogP contribution in [0.15, 0.2) is 76.0 Å². The fourth-order valence-electron chi connectivity index (χ4n) is 3.52. The largest absolute Gasteiger partial charge is 0.351 e. The number of fused-ring (bicyclic) bond motifs is 3. The molecule has 0 unspecified atom stereocenters. The standard InChI is InChI=1S/C23H18ClN5O2S2/c24-17-9-5-4-8-16(17)12-25-19(30)14-33-23-27-26-22-28(13-15-6-2-1-3-7-15)21(31)20-18(29(22)23)10-11-32-20/h1-11H,12-14H2,(H,25,30). The van der Waals surface area contributed by atoms with Gasteiger partial charge in [-0.3, -0.25) is 18.6 Å². The lowest BCUT2D eigenvalue weighted by Crippen LogP contribution is -2.25. The summed E-state index contributed by atoms with van der Waals surface area (Å²) in [6.45, 7) is 0.739. The van der Waals surface area contributed by atoms with Gasteiger partial charge in [0.2, 0.25) is 11.7 Å². The maximum Gasteiger partial charge on any atom is 0.273 e. The fourth-order valence-corrected chi connectivity index (χ4v) is 5.32. The molecular weight excluding hydrogens is 478 g/mol. The number of thioether (sulfide) groups is 1. The molecule has 5 aromatic rings. The SMILES string of the molecule is O=C(CSc1nnc2n(Cc3ccccc3)c(=O)c3sccc3n12)NCc1ccccc1Cl. The highest BCUT2D eigenvalue weighted by atomic mass is 35.5. The van der Waals surface area contributed by atoms with E-state index < -0.39 is 0 Å². The van der Waals surface area contributed by atoms with Gasteiger partial charge in [-0.15, -0.1) is 21.5 Å². The van der Waals surface area contributed by atoms with Crippen molar-refractivity contribution < 1.29 is 4.79 Å². The van der Waals surface area contributed by atoms with E-state index in [9.17, 15) is 9.59 Å². The maximum atomic E-state index is 13.1. The van der Waals surface area contributed by atoms with Crippen molar-refractivity contribution in [2.75, 3.05) is 5.75 Å². The predicted molar refractivity (Wildman–Crippen MR) is 132 cm³/mol. The number of amides is 1. The Morgan fingerprint density at radius 3 is 2.67 bits per heavy atom. The normalized spacial score (nSPS) is 11.3. The molecule has 0 atom stereocenters. The van der Waals surface area contributed by atoms with Crippen molar-refractivity contribution in [1.82, 2.24) is 24.5 Å². The third kappa shape index (κ3) is 4.39. The minimum atomic E-state index is -0.143. The summed E-state index contributed by atoms with van der Waals surface area (Å²) in [5.74, 6) is 0.471. The highest BCUT2D eigenvalue weighted by Crippen LogP contribution is 2.24. The molecule has 3 aromatic heterocycles. The summed E-state index contributed by atoms with van der Waals surface area (Å²) in [5, 5.41) is 14.5. The minimum absolute atomic E-state index is 0.0993. The predicted octanol–water partition coefficient (Wildman–Crippen LogP) is 4.22. The van der Waals surface area contributed by atoms with Crippen LogP contribution >= 0.6 is 34.7 Å². The second kappa shape index (κ2) is 9.38. The van der Waals surface area contributed by atoms with E-state index in [1.54, 1.807) is 10.6 Å². The molecule has 0 aliphatic rings. The van der Waals surface area contributed by atoms with E-state index in [4.69, 9.17) is 11.6 Å². The Hall–Kier alpha value is -3.14. The highest BCUT2D eigenvalue weighted by Gasteiger charge is 2.18. The van der Waals surface area contributed by atoms with Gasteiger partial charge in [0.05, 0.1) is 17.8 Å². The summed E-state index contributed by atoms with van der Waals surface area (Å²) >= 11 is 8.82. The number of hydrogen-bond acceptors (Lipinski definition) is 6. The van der Waals surface area contributed by atoms with Crippen LogP contribution in [-0.2, 0) is 17.9 Å². The molecule has 1 N–H and O–H groups in total. The molecule has 1 amide bonds. The molecular formula is C23H18ClN5O2S2. The lowest BCUT2D eigenvalue weighted by molar-refractivity contribution is -0.118. The van der Waals surface area contributed by atoms with Crippen LogP contribution < -0.4 is 10.9 Å². The van der Waals surface area contributed by atoms with Gasteiger partial charge in [0.15, 0.2) is 5.16 Å². The summed E-state index contributed by atoms with van der Waals surface area (Å²) in [4.78, 5) is 25.6. The molecule has 0 radical (unpaired) electrons. The lowest BCUT2D eigenvalue weighted by Gasteiger charge is -2.10. The quantitative estimate of drug-likeness (QED) is 0.342. The molecule has 33 heavy (non-hydrogen) atoms. The van der Waals surface area contributed by atoms with Gasteiger partial charge < -0.3 is 5.32 Å². The molecule has 2 aromatic carbocycles. The second-order valence-electron chi connectivity index (χ2n) is 7.29. The van der Waals surface area contributed by atoms with Crippen LogP contribution in [0.5, 0.6) is 0 Å². The smallest absolute Gasteiger partial charge is 0.273 e. The Balaban J connectivity index is 1.41. The van der Waals surface area contributed by atoms with Crippen molar-refractivity contribution in [2.45, 2.75) is 18.2 Å². The topological polar surface area (TPSA) is 81.3 Å². The number of carbonyl (C=O) groups excluding carboxylic acids is 1. The van der Waals surface area contributed by atoms with Crippen molar-refractivity contribution in [3.05, 3.63) is 92.5 Å². The minimum Gasteiger partial charge on any atom is -0.351 e. The van der Waals surface area contributed by atoms with Crippen LogP contribution in [0.1, 0.15) is 11.1 Å². The van der Waals surface area contributed by atoms with Crippen LogP contribution in [0.25, 0.3) is 16.0 Å². The molecule has 166 valence electrons. The van der Waals surface area contributed by atoms with Crippen LogP contribution in [-0.4, -0.2) is 30.8 Å². The number of nitrogens with one attached hydrogen (secondary N) is 1. The van der Waals surface area contributed by atoms with Gasteiger partial charge >= 0.3 is 0 Å². The molecule has 0 aliphatic heterocycles. The number of nitrogens with zero attached hydrogens (tertiary/aromatic N) is 4. The zero-order chi connectivity index (χ0) is 22.8. The molecule has 0 aliphatic carbocycles. The second-order valence-corrected chi connectivity index (χ2v) is 9.55. The zero-order valence-electron chi connectivity index (χ0n) is 17.3. The average molecular weight is 496 g/mol. The molecule has 0 fully saturated rings. The Kier molecular flexibility index (Phi) is 6.17. The molecule has 0 saturated carbocycles. The van der Waals surface area contributed by atoms with Gasteiger partial charge in [-0.2, -0.15) is 0 Å². The van der Waals surface area contributed by atoms with Gasteiger partial charge in [-0.25, -0.2) is 0 Å². The van der Waals surface area contributed by atoms with Crippen molar-refractivity contribution in [1.29, 1.82) is 0 Å². The third-order valence-electron chi connectivity index (χ3n) is 5.13. The molecule has 0 spiro atoms. The monoisotopic (exact) mass is 495 g/mol. The van der Waals surface area contributed by atoms with E-state index in [2.05, 4.69) is 15.5 Å². The summed E-state index contributed by atoms with van der Waals surface area (Å²) in [6.07, 6.45) is 0. The van der Waals surface area contributed by atoms with Gasteiger partial charge in [0.1, 0.15) is 4.70 Å². The number of thiophene rings is 1. The number of halogens is 1. The fraction of sp³-hybridized carbons (Fsp3) is 0.130. The maximum absolute atomic E-state index is 13.1. The van der Waals surface area contributed by atoms with E-state index in [-0.39, 0.29) is 17.2 Å². The van der Waals surface area contributed by atoms with E-state index in [1.165, 1.54) is 23.1 Å². The van der Waals surface area contributed by atoms with Crippen LogP contribution in [0, 0.1) is 0 Å². The molecule has 0 bridgehead atoms. The first-order valence-corrected chi connectivity index (χ1v) is 12.4. The lowest BCUT2D eigenvalue weighted by atomic mass is 10.2. The first-order valence-electron chi connectivity index (χ1n) is 10.1. The molecule has 0 saturated heterocycles. The summed E-state index contributed by atoms with van der Waals surface area (Å²) < 4.78 is 4.11. The molecule has 10 heteroatoms. The Labute approximate surface area is 202 Å². The van der Waals surface area contributed by atoms with E-state index >= 15 is 0 Å². The number of rotatable bonds is 7. The van der Waals surface area contributed by atoms with E-state index in [0.717, 1.165) is 16.6 Å². The number of aromatic nitrogens is 4. The van der Waals surface area contributed by atoms with Crippen molar-refractivity contribution in [3.8, 4) is 0 Å². The number of benzene rings is 2. The number of carbonyl (C=O) groups is 1. The summed E-state index contributed by atoms with van der Waals surface area (Å²) in [7, 11) is 0. The van der Waals surface area contributed by atoms with Gasteiger partial charge in [0.25, 0.3) is 5.56 Å². The number of hydrogen-bond donors (Lipinski definition) is 1. The molecule has 7 nitrogen and oxygen atoms in total. The van der Waals surface area contributed by atoms with Gasteiger partial charge in [0, 0.05) is 11.6 Å². The average Bonchev–Trinajstić information content (AvgIpc) is 3.48. The van der Waals surface area contributed by atoms with Crippen molar-refractivity contribution >= 4 is 56.6 Å². The van der Waals surface area contributed by atoms with Gasteiger partial charge in [-0.05, 0) is 28.6 Å². The zero-order valence-corrected chi connectivity index (χ0v) is 19.7. The van der Waals surface area contributed by atoms with Gasteiger partial charge in [-0.1, -0.05) is 71.9 Å². The summed E-state index contributed by atoms with van der Waals surface area (Å²) in [6, 6.07) is 19.0. The van der Waals surface area contributed by atoms with Crippen LogP contribution in [0.3, 0.4) is 0 Å². The van der Waals surface area contributed by atoms with Crippen molar-refractivity contribution in [3.63, 3.8) is 0 Å². The third-order valence-corrected chi connectivity index (χ3v) is 7.32. The first-order chi connectivity index (χ1) is 16.1. The first kappa shape index (κ1) is 21.7. The Morgan fingerprint density at radius 2 is 1.85 bits per heavy atom. The van der Waals surface area contributed by atoms with Crippen LogP contribution in [0.2, 0.25) is 5.02 Å². The van der Waals surface area contributed by atoms with Crippen LogP contribution in [0.4, 0.5) is 0 Å². The van der Waals surface area contributed by atoms with E-state index in [0.29, 0.717) is 33.7 Å². The Bertz CT molecular complexity index is 1510. The summed E-state index contributed by atoms with van der Waals surface area (Å²) in [5.41, 5.74) is 2.50. The van der Waals surface area contributed by atoms with Crippen molar-refractivity contribution in [2.24, 2.45) is 0 Å². The Morgan fingerprint density at radius 1 is 1.06 bits per heavy atom. The molecule has 5 rings (SSSR count). The van der Waals surface area contributed by atoms with E-state index in [1.807, 2.05) is 64.4 Å². The highest BCUT2D eigenvalue weighted by molar-refractivity contribution is 7.99.